The zero-order chi connectivity index (χ0) is 14.7. The Kier molecular flexibility index (Phi) is 4.27. The Morgan fingerprint density at radius 3 is 2.70 bits per heavy atom. The summed E-state index contributed by atoms with van der Waals surface area (Å²) in [6, 6.07) is 6.34. The highest BCUT2D eigenvalue weighted by atomic mass is 16.5. The number of carbonyl (C=O) groups is 2. The summed E-state index contributed by atoms with van der Waals surface area (Å²) in [5.41, 5.74) is 0.703. The topological polar surface area (TPSA) is 58.6 Å². The second kappa shape index (κ2) is 5.94. The van der Waals surface area contributed by atoms with Gasteiger partial charge in [0, 0.05) is 11.8 Å². The molecule has 0 radical (unpaired) electrons. The number of anilines is 1. The summed E-state index contributed by atoms with van der Waals surface area (Å²) in [7, 11) is 0. The molecule has 20 heavy (non-hydrogen) atoms. The average molecular weight is 276 g/mol. The molecule has 0 saturated carbocycles. The normalized spacial score (nSPS) is 22.6. The number of piperazine rings is 1. The Hall–Kier alpha value is -2.04. The van der Waals surface area contributed by atoms with Crippen LogP contribution in [0.2, 0.25) is 0 Å². The van der Waals surface area contributed by atoms with Crippen molar-refractivity contribution in [1.82, 2.24) is 5.32 Å². The monoisotopic (exact) mass is 276 g/mol. The molecule has 2 rings (SSSR count). The predicted octanol–water partition coefficient (Wildman–Crippen LogP) is 1.72. The van der Waals surface area contributed by atoms with Crippen molar-refractivity contribution in [2.75, 3.05) is 11.5 Å². The molecule has 2 amide bonds. The van der Waals surface area contributed by atoms with E-state index in [4.69, 9.17) is 4.74 Å². The van der Waals surface area contributed by atoms with Crippen LogP contribution in [0.3, 0.4) is 0 Å². The molecule has 5 nitrogen and oxygen atoms in total. The maximum Gasteiger partial charge on any atom is 0.250 e. The molecule has 2 unspecified atom stereocenters. The zero-order valence-electron chi connectivity index (χ0n) is 12.1. The molecule has 0 bridgehead atoms. The first-order valence-electron chi connectivity index (χ1n) is 6.94. The first-order chi connectivity index (χ1) is 9.58. The molecule has 1 N–H and O–H groups in total. The highest BCUT2D eigenvalue weighted by Crippen LogP contribution is 2.26. The van der Waals surface area contributed by atoms with Crippen molar-refractivity contribution in [1.29, 1.82) is 0 Å². The van der Waals surface area contributed by atoms with Gasteiger partial charge in [0.25, 0.3) is 0 Å². The number of ether oxygens (including phenoxy) is 1. The third-order valence-electron chi connectivity index (χ3n) is 3.37. The van der Waals surface area contributed by atoms with E-state index in [0.717, 1.165) is 0 Å². The highest BCUT2D eigenvalue weighted by molar-refractivity contribution is 6.08. The van der Waals surface area contributed by atoms with Gasteiger partial charge in [-0.05, 0) is 32.4 Å². The summed E-state index contributed by atoms with van der Waals surface area (Å²) >= 11 is 0. The van der Waals surface area contributed by atoms with Crippen molar-refractivity contribution in [3.63, 3.8) is 0 Å². The average Bonchev–Trinajstić information content (AvgIpc) is 2.43. The SMILES string of the molecule is CCOc1cccc(N2C(=O)C(C)NC(=O)C2CC)c1. The van der Waals surface area contributed by atoms with E-state index in [9.17, 15) is 9.59 Å². The molecular weight excluding hydrogens is 256 g/mol. The van der Waals surface area contributed by atoms with Gasteiger partial charge in [0.15, 0.2) is 0 Å². The lowest BCUT2D eigenvalue weighted by Gasteiger charge is -2.37. The van der Waals surface area contributed by atoms with Crippen LogP contribution in [0.1, 0.15) is 27.2 Å². The lowest BCUT2D eigenvalue weighted by Crippen LogP contribution is -2.62. The Bertz CT molecular complexity index is 516. The second-order valence-corrected chi connectivity index (χ2v) is 4.79. The maximum atomic E-state index is 12.4. The second-order valence-electron chi connectivity index (χ2n) is 4.79. The van der Waals surface area contributed by atoms with E-state index in [0.29, 0.717) is 24.5 Å². The standard InChI is InChI=1S/C15H20N2O3/c1-4-13-14(18)16-10(3)15(19)17(13)11-7-6-8-12(9-11)20-5-2/h6-10,13H,4-5H2,1-3H3,(H,16,18). The van der Waals surface area contributed by atoms with Crippen molar-refractivity contribution in [2.24, 2.45) is 0 Å². The van der Waals surface area contributed by atoms with Crippen LogP contribution in [0.15, 0.2) is 24.3 Å². The number of benzene rings is 1. The Balaban J connectivity index is 2.38. The van der Waals surface area contributed by atoms with E-state index < -0.39 is 12.1 Å². The van der Waals surface area contributed by atoms with Crippen LogP contribution in [-0.4, -0.2) is 30.5 Å². The van der Waals surface area contributed by atoms with Crippen molar-refractivity contribution in [3.8, 4) is 5.75 Å². The Morgan fingerprint density at radius 1 is 1.30 bits per heavy atom. The number of hydrogen-bond donors (Lipinski definition) is 1. The third-order valence-corrected chi connectivity index (χ3v) is 3.37. The number of nitrogens with zero attached hydrogens (tertiary/aromatic N) is 1. The van der Waals surface area contributed by atoms with E-state index in [-0.39, 0.29) is 11.8 Å². The first kappa shape index (κ1) is 14.4. The van der Waals surface area contributed by atoms with Crippen LogP contribution in [0, 0.1) is 0 Å². The molecule has 0 spiro atoms. The molecule has 2 atom stereocenters. The molecule has 5 heteroatoms. The van der Waals surface area contributed by atoms with Gasteiger partial charge in [0.1, 0.15) is 17.8 Å². The lowest BCUT2D eigenvalue weighted by atomic mass is 10.0. The van der Waals surface area contributed by atoms with Gasteiger partial charge in [-0.3, -0.25) is 14.5 Å². The van der Waals surface area contributed by atoms with Gasteiger partial charge in [0.05, 0.1) is 6.61 Å². The van der Waals surface area contributed by atoms with Crippen LogP contribution in [0.25, 0.3) is 0 Å². The Labute approximate surface area is 118 Å². The molecule has 1 aromatic rings. The molecular formula is C15H20N2O3. The van der Waals surface area contributed by atoms with Gasteiger partial charge in [-0.25, -0.2) is 0 Å². The molecule has 1 heterocycles. The van der Waals surface area contributed by atoms with Crippen LogP contribution in [0.5, 0.6) is 5.75 Å². The molecule has 1 aliphatic heterocycles. The van der Waals surface area contributed by atoms with Gasteiger partial charge in [-0.15, -0.1) is 0 Å². The molecule has 1 aliphatic rings. The Morgan fingerprint density at radius 2 is 2.05 bits per heavy atom. The summed E-state index contributed by atoms with van der Waals surface area (Å²) in [4.78, 5) is 26.0. The van der Waals surface area contributed by atoms with Crippen LogP contribution >= 0.6 is 0 Å². The fourth-order valence-electron chi connectivity index (χ4n) is 2.42. The number of carbonyl (C=O) groups excluding carboxylic acids is 2. The summed E-state index contributed by atoms with van der Waals surface area (Å²) in [6.45, 7) is 6.06. The zero-order valence-corrected chi connectivity index (χ0v) is 12.1. The number of nitrogens with one attached hydrogen (secondary N) is 1. The summed E-state index contributed by atoms with van der Waals surface area (Å²) in [5, 5.41) is 2.71. The van der Waals surface area contributed by atoms with Gasteiger partial charge in [0.2, 0.25) is 11.8 Å². The minimum absolute atomic E-state index is 0.0925. The quantitative estimate of drug-likeness (QED) is 0.911. The van der Waals surface area contributed by atoms with Gasteiger partial charge < -0.3 is 10.1 Å². The number of rotatable bonds is 4. The molecule has 0 aromatic heterocycles. The molecule has 1 saturated heterocycles. The van der Waals surface area contributed by atoms with E-state index in [1.165, 1.54) is 0 Å². The van der Waals surface area contributed by atoms with Crippen LogP contribution in [-0.2, 0) is 9.59 Å². The minimum Gasteiger partial charge on any atom is -0.494 e. The van der Waals surface area contributed by atoms with Crippen molar-refractivity contribution in [3.05, 3.63) is 24.3 Å². The number of hydrogen-bond acceptors (Lipinski definition) is 3. The van der Waals surface area contributed by atoms with Crippen LogP contribution < -0.4 is 15.0 Å². The summed E-state index contributed by atoms with van der Waals surface area (Å²) in [5.74, 6) is 0.498. The third kappa shape index (κ3) is 2.61. The van der Waals surface area contributed by atoms with E-state index in [1.54, 1.807) is 17.9 Å². The van der Waals surface area contributed by atoms with Gasteiger partial charge >= 0.3 is 0 Å². The predicted molar refractivity (Wildman–Crippen MR) is 76.8 cm³/mol. The van der Waals surface area contributed by atoms with E-state index in [1.807, 2.05) is 32.0 Å². The van der Waals surface area contributed by atoms with Crippen LogP contribution in [0.4, 0.5) is 5.69 Å². The van der Waals surface area contributed by atoms with Crippen molar-refractivity contribution < 1.29 is 14.3 Å². The highest BCUT2D eigenvalue weighted by Gasteiger charge is 2.38. The molecule has 108 valence electrons. The van der Waals surface area contributed by atoms with E-state index >= 15 is 0 Å². The summed E-state index contributed by atoms with van der Waals surface area (Å²) in [6.07, 6.45) is 0.573. The fraction of sp³-hybridized carbons (Fsp3) is 0.467. The first-order valence-corrected chi connectivity index (χ1v) is 6.94. The van der Waals surface area contributed by atoms with Crippen molar-refractivity contribution in [2.45, 2.75) is 39.3 Å². The smallest absolute Gasteiger partial charge is 0.250 e. The van der Waals surface area contributed by atoms with Crippen molar-refractivity contribution >= 4 is 17.5 Å². The maximum absolute atomic E-state index is 12.4. The molecule has 1 fully saturated rings. The summed E-state index contributed by atoms with van der Waals surface area (Å²) < 4.78 is 5.46. The van der Waals surface area contributed by atoms with Gasteiger partial charge in [-0.2, -0.15) is 0 Å². The molecule has 0 aliphatic carbocycles. The largest absolute Gasteiger partial charge is 0.494 e. The minimum atomic E-state index is -0.499. The number of amides is 2. The van der Waals surface area contributed by atoms with Gasteiger partial charge in [-0.1, -0.05) is 13.0 Å². The lowest BCUT2D eigenvalue weighted by molar-refractivity contribution is -0.133. The van der Waals surface area contributed by atoms with E-state index in [2.05, 4.69) is 5.32 Å². The fourth-order valence-corrected chi connectivity index (χ4v) is 2.42. The molecule has 1 aromatic carbocycles.